The highest BCUT2D eigenvalue weighted by Crippen LogP contribution is 2.22. The minimum Gasteiger partial charge on any atom is -0.508 e. The third kappa shape index (κ3) is 3.61. The van der Waals surface area contributed by atoms with E-state index in [9.17, 15) is 18.7 Å². The van der Waals surface area contributed by atoms with Crippen molar-refractivity contribution in [1.82, 2.24) is 4.90 Å². The van der Waals surface area contributed by atoms with E-state index in [-0.39, 0.29) is 24.1 Å². The summed E-state index contributed by atoms with van der Waals surface area (Å²) in [5.74, 6) is -1.85. The van der Waals surface area contributed by atoms with Gasteiger partial charge in [0.1, 0.15) is 5.75 Å². The lowest BCUT2D eigenvalue weighted by Crippen LogP contribution is -2.31. The molecule has 2 rings (SSSR count). The van der Waals surface area contributed by atoms with Gasteiger partial charge in [0.05, 0.1) is 12.5 Å². The molecule has 0 saturated carbocycles. The van der Waals surface area contributed by atoms with Gasteiger partial charge in [-0.15, -0.1) is 0 Å². The van der Waals surface area contributed by atoms with Crippen molar-refractivity contribution in [3.63, 3.8) is 0 Å². The van der Waals surface area contributed by atoms with E-state index in [0.29, 0.717) is 5.56 Å². The third-order valence-electron chi connectivity index (χ3n) is 3.69. The molecule has 2 aromatic carbocycles. The molecule has 2 aromatic rings. The maximum absolute atomic E-state index is 13.3. The number of likely N-dealkylation sites (N-methyl/N-ethyl adjacent to an activating group) is 1. The maximum Gasteiger partial charge on any atom is 0.227 e. The van der Waals surface area contributed by atoms with Crippen LogP contribution in [0.1, 0.15) is 24.1 Å². The van der Waals surface area contributed by atoms with Crippen molar-refractivity contribution >= 4 is 5.91 Å². The molecule has 0 saturated heterocycles. The van der Waals surface area contributed by atoms with Crippen LogP contribution in [0, 0.1) is 11.6 Å². The van der Waals surface area contributed by atoms with Crippen LogP contribution >= 0.6 is 0 Å². The Morgan fingerprint density at radius 2 is 1.77 bits per heavy atom. The van der Waals surface area contributed by atoms with E-state index in [1.54, 1.807) is 26.1 Å². The molecule has 0 spiro atoms. The largest absolute Gasteiger partial charge is 0.508 e. The second kappa shape index (κ2) is 6.56. The number of carbonyl (C=O) groups is 1. The molecule has 1 unspecified atom stereocenters. The monoisotopic (exact) mass is 305 g/mol. The van der Waals surface area contributed by atoms with E-state index < -0.39 is 11.6 Å². The highest BCUT2D eigenvalue weighted by atomic mass is 19.2. The van der Waals surface area contributed by atoms with Gasteiger partial charge in [-0.05, 0) is 42.3 Å². The van der Waals surface area contributed by atoms with Gasteiger partial charge < -0.3 is 10.0 Å². The summed E-state index contributed by atoms with van der Waals surface area (Å²) >= 11 is 0. The van der Waals surface area contributed by atoms with Crippen LogP contribution in [0.15, 0.2) is 42.5 Å². The summed E-state index contributed by atoms with van der Waals surface area (Å²) in [7, 11) is 1.62. The van der Waals surface area contributed by atoms with E-state index >= 15 is 0 Å². The van der Waals surface area contributed by atoms with Crippen molar-refractivity contribution in [3.05, 3.63) is 65.2 Å². The van der Waals surface area contributed by atoms with Crippen LogP contribution in [0.2, 0.25) is 0 Å². The number of phenolic OH excluding ortho intramolecular Hbond substituents is 1. The minimum absolute atomic E-state index is 0.139. The van der Waals surface area contributed by atoms with Gasteiger partial charge in [0.2, 0.25) is 5.91 Å². The lowest BCUT2D eigenvalue weighted by Gasteiger charge is -2.25. The summed E-state index contributed by atoms with van der Waals surface area (Å²) in [5.41, 5.74) is 1.30. The van der Waals surface area contributed by atoms with Gasteiger partial charge in [0, 0.05) is 7.05 Å². The molecule has 0 aliphatic heterocycles. The van der Waals surface area contributed by atoms with Crippen molar-refractivity contribution in [2.45, 2.75) is 19.4 Å². The number of phenols is 1. The van der Waals surface area contributed by atoms with Gasteiger partial charge in [-0.1, -0.05) is 18.2 Å². The standard InChI is InChI=1S/C17H17F2NO2/c1-11(13-5-8-15(18)16(19)10-13)20(2)17(22)9-12-3-6-14(21)7-4-12/h3-8,10-11,21H,9H2,1-2H3. The molecule has 116 valence electrons. The Bertz CT molecular complexity index is 671. The quantitative estimate of drug-likeness (QED) is 0.940. The zero-order valence-corrected chi connectivity index (χ0v) is 12.4. The first-order valence-corrected chi connectivity index (χ1v) is 6.87. The van der Waals surface area contributed by atoms with Crippen LogP contribution in [0.25, 0.3) is 0 Å². The molecule has 22 heavy (non-hydrogen) atoms. The Kier molecular flexibility index (Phi) is 4.75. The minimum atomic E-state index is -0.927. The first kappa shape index (κ1) is 15.9. The number of carbonyl (C=O) groups excluding carboxylic acids is 1. The van der Waals surface area contributed by atoms with Crippen molar-refractivity contribution in [2.24, 2.45) is 0 Å². The van der Waals surface area contributed by atoms with Crippen LogP contribution in [0.5, 0.6) is 5.75 Å². The Hall–Kier alpha value is -2.43. The topological polar surface area (TPSA) is 40.5 Å². The van der Waals surface area contributed by atoms with E-state index in [4.69, 9.17) is 0 Å². The molecule has 1 amide bonds. The zero-order chi connectivity index (χ0) is 16.3. The third-order valence-corrected chi connectivity index (χ3v) is 3.69. The highest BCUT2D eigenvalue weighted by molar-refractivity contribution is 5.79. The first-order valence-electron chi connectivity index (χ1n) is 6.87. The summed E-state index contributed by atoms with van der Waals surface area (Å²) in [4.78, 5) is 13.7. The smallest absolute Gasteiger partial charge is 0.227 e. The average molecular weight is 305 g/mol. The van der Waals surface area contributed by atoms with E-state index in [0.717, 1.165) is 17.7 Å². The first-order chi connectivity index (χ1) is 10.4. The Labute approximate surface area is 127 Å². The predicted octanol–water partition coefficient (Wildman–Crippen LogP) is 3.43. The molecule has 0 fully saturated rings. The Morgan fingerprint density at radius 3 is 2.36 bits per heavy atom. The number of hydrogen-bond donors (Lipinski definition) is 1. The zero-order valence-electron chi connectivity index (χ0n) is 12.4. The fraction of sp³-hybridized carbons (Fsp3) is 0.235. The SMILES string of the molecule is CC(c1ccc(F)c(F)c1)N(C)C(=O)Cc1ccc(O)cc1. The van der Waals surface area contributed by atoms with Gasteiger partial charge in [-0.2, -0.15) is 0 Å². The second-order valence-electron chi connectivity index (χ2n) is 5.20. The summed E-state index contributed by atoms with van der Waals surface area (Å²) in [6, 6.07) is 9.62. The van der Waals surface area contributed by atoms with Crippen LogP contribution in [0.3, 0.4) is 0 Å². The van der Waals surface area contributed by atoms with Crippen LogP contribution in [0.4, 0.5) is 8.78 Å². The highest BCUT2D eigenvalue weighted by Gasteiger charge is 2.18. The molecular weight excluding hydrogens is 288 g/mol. The van der Waals surface area contributed by atoms with Gasteiger partial charge in [0.15, 0.2) is 11.6 Å². The molecule has 0 aromatic heterocycles. The van der Waals surface area contributed by atoms with Gasteiger partial charge >= 0.3 is 0 Å². The second-order valence-corrected chi connectivity index (χ2v) is 5.20. The summed E-state index contributed by atoms with van der Waals surface area (Å²) in [5, 5.41) is 9.22. The molecule has 0 aliphatic rings. The summed E-state index contributed by atoms with van der Waals surface area (Å²) in [6.45, 7) is 1.75. The fourth-order valence-corrected chi connectivity index (χ4v) is 2.12. The maximum atomic E-state index is 13.3. The lowest BCUT2D eigenvalue weighted by molar-refractivity contribution is -0.131. The molecule has 5 heteroatoms. The predicted molar refractivity (Wildman–Crippen MR) is 79.4 cm³/mol. The molecule has 0 heterocycles. The Morgan fingerprint density at radius 1 is 1.14 bits per heavy atom. The number of hydrogen-bond acceptors (Lipinski definition) is 2. The summed E-state index contributed by atoms with van der Waals surface area (Å²) in [6.07, 6.45) is 0.171. The van der Waals surface area contributed by atoms with E-state index in [1.807, 2.05) is 0 Å². The molecule has 0 radical (unpaired) electrons. The number of benzene rings is 2. The molecule has 1 N–H and O–H groups in total. The van der Waals surface area contributed by atoms with Gasteiger partial charge in [-0.25, -0.2) is 8.78 Å². The molecular formula is C17H17F2NO2. The van der Waals surface area contributed by atoms with Crippen molar-refractivity contribution in [3.8, 4) is 5.75 Å². The van der Waals surface area contributed by atoms with Crippen LogP contribution in [-0.2, 0) is 11.2 Å². The number of rotatable bonds is 4. The van der Waals surface area contributed by atoms with E-state index in [2.05, 4.69) is 0 Å². The lowest BCUT2D eigenvalue weighted by atomic mass is 10.1. The van der Waals surface area contributed by atoms with Crippen LogP contribution < -0.4 is 0 Å². The van der Waals surface area contributed by atoms with Crippen molar-refractivity contribution in [2.75, 3.05) is 7.05 Å². The normalized spacial score (nSPS) is 12.0. The van der Waals surface area contributed by atoms with Gasteiger partial charge in [-0.3, -0.25) is 4.79 Å². The van der Waals surface area contributed by atoms with E-state index in [1.165, 1.54) is 23.1 Å². The molecule has 0 bridgehead atoms. The number of aromatic hydroxyl groups is 1. The van der Waals surface area contributed by atoms with Crippen molar-refractivity contribution in [1.29, 1.82) is 0 Å². The fourth-order valence-electron chi connectivity index (χ4n) is 2.12. The molecule has 3 nitrogen and oxygen atoms in total. The molecule has 1 atom stereocenters. The van der Waals surface area contributed by atoms with Gasteiger partial charge in [0.25, 0.3) is 0 Å². The molecule has 0 aliphatic carbocycles. The summed E-state index contributed by atoms with van der Waals surface area (Å²) < 4.78 is 26.3. The average Bonchev–Trinajstić information content (AvgIpc) is 2.50. The van der Waals surface area contributed by atoms with Crippen LogP contribution in [-0.4, -0.2) is 23.0 Å². The Balaban J connectivity index is 2.08. The van der Waals surface area contributed by atoms with Crippen molar-refractivity contribution < 1.29 is 18.7 Å². The number of halogens is 2. The number of nitrogens with zero attached hydrogens (tertiary/aromatic N) is 1. The number of amides is 1.